The summed E-state index contributed by atoms with van der Waals surface area (Å²) in [4.78, 5) is 16.3. The maximum Gasteiger partial charge on any atom is 0.231 e. The van der Waals surface area contributed by atoms with Crippen LogP contribution in [0.3, 0.4) is 0 Å². The third-order valence-corrected chi connectivity index (χ3v) is 6.79. The topological polar surface area (TPSA) is 89.2 Å². The zero-order chi connectivity index (χ0) is 23.2. The number of fused-ring (bicyclic) bond motifs is 2. The highest BCUT2D eigenvalue weighted by atomic mass is 16.7. The molecule has 0 amide bonds. The van der Waals surface area contributed by atoms with Gasteiger partial charge in [0.25, 0.3) is 0 Å². The maximum atomic E-state index is 13.4. The van der Waals surface area contributed by atoms with Crippen LogP contribution >= 0.6 is 0 Å². The van der Waals surface area contributed by atoms with Crippen molar-refractivity contribution in [1.29, 1.82) is 0 Å². The molecular formula is C26H28N4O3. The second kappa shape index (κ2) is 7.85. The molecule has 5 rings (SSSR count). The minimum absolute atomic E-state index is 0.0528. The number of azide groups is 1. The summed E-state index contributed by atoms with van der Waals surface area (Å²) in [6.07, 6.45) is 2.15. The molecule has 1 aromatic heterocycles. The van der Waals surface area contributed by atoms with Crippen LogP contribution < -0.4 is 9.47 Å². The summed E-state index contributed by atoms with van der Waals surface area (Å²) in [5.74, 6) is 1.72. The van der Waals surface area contributed by atoms with Crippen LogP contribution in [-0.4, -0.2) is 23.7 Å². The van der Waals surface area contributed by atoms with E-state index in [0.29, 0.717) is 19.5 Å². The van der Waals surface area contributed by atoms with Crippen molar-refractivity contribution in [2.45, 2.75) is 57.4 Å². The van der Waals surface area contributed by atoms with Gasteiger partial charge in [0.05, 0.1) is 5.41 Å². The minimum atomic E-state index is -0.409. The Hall–Kier alpha value is -3.44. The second-order valence-corrected chi connectivity index (χ2v) is 10.0. The molecule has 170 valence electrons. The van der Waals surface area contributed by atoms with Gasteiger partial charge in [0.1, 0.15) is 5.78 Å². The van der Waals surface area contributed by atoms with E-state index in [1.807, 2.05) is 24.3 Å². The van der Waals surface area contributed by atoms with Gasteiger partial charge in [-0.15, -0.1) is 0 Å². The quantitative estimate of drug-likeness (QED) is 0.261. The number of hydrogen-bond donors (Lipinski definition) is 0. The first-order valence-electron chi connectivity index (χ1n) is 11.4. The molecule has 1 aliphatic heterocycles. The summed E-state index contributed by atoms with van der Waals surface area (Å²) in [5, 5.41) is 4.83. The van der Waals surface area contributed by atoms with E-state index < -0.39 is 5.41 Å². The van der Waals surface area contributed by atoms with Gasteiger partial charge in [0, 0.05) is 46.4 Å². The SMILES string of the molecule is CC(C)(C)c1cc2cc(CC(=O)C3(c4ccc5c(c4)OCO5)CC3)ccc2n1CCN=[N+]=[N-]. The fraction of sp³-hybridized carbons (Fsp3) is 0.423. The van der Waals surface area contributed by atoms with E-state index in [2.05, 4.69) is 53.6 Å². The first kappa shape index (κ1) is 21.4. The predicted molar refractivity (Wildman–Crippen MR) is 127 cm³/mol. The van der Waals surface area contributed by atoms with Gasteiger partial charge in [-0.25, -0.2) is 0 Å². The number of hydrogen-bond acceptors (Lipinski definition) is 4. The Labute approximate surface area is 192 Å². The molecule has 0 radical (unpaired) electrons. The van der Waals surface area contributed by atoms with Gasteiger partial charge in [-0.05, 0) is 59.8 Å². The Morgan fingerprint density at radius 2 is 1.91 bits per heavy atom. The number of nitrogens with zero attached hydrogens (tertiary/aromatic N) is 4. The van der Waals surface area contributed by atoms with Crippen LogP contribution in [0.15, 0.2) is 47.6 Å². The molecule has 7 nitrogen and oxygen atoms in total. The summed E-state index contributed by atoms with van der Waals surface area (Å²) in [5.41, 5.74) is 12.5. The second-order valence-electron chi connectivity index (χ2n) is 10.0. The molecule has 3 aromatic rings. The van der Waals surface area contributed by atoms with Crippen molar-refractivity contribution in [3.63, 3.8) is 0 Å². The summed E-state index contributed by atoms with van der Waals surface area (Å²) < 4.78 is 13.2. The lowest BCUT2D eigenvalue weighted by molar-refractivity contribution is -0.120. The Bertz CT molecular complexity index is 1290. The van der Waals surface area contributed by atoms with E-state index >= 15 is 0 Å². The maximum absolute atomic E-state index is 13.4. The fourth-order valence-electron chi connectivity index (χ4n) is 4.88. The molecule has 1 saturated carbocycles. The number of aromatic nitrogens is 1. The van der Waals surface area contributed by atoms with Gasteiger partial charge in [0.2, 0.25) is 6.79 Å². The van der Waals surface area contributed by atoms with Crippen LogP contribution in [-0.2, 0) is 28.6 Å². The largest absolute Gasteiger partial charge is 0.454 e. The van der Waals surface area contributed by atoms with Gasteiger partial charge < -0.3 is 14.0 Å². The van der Waals surface area contributed by atoms with E-state index in [1.54, 1.807) is 0 Å². The van der Waals surface area contributed by atoms with Gasteiger partial charge in [0.15, 0.2) is 11.5 Å². The number of carbonyl (C=O) groups is 1. The van der Waals surface area contributed by atoms with E-state index in [1.165, 1.54) is 5.69 Å². The first-order valence-corrected chi connectivity index (χ1v) is 11.4. The minimum Gasteiger partial charge on any atom is -0.454 e. The molecule has 0 unspecified atom stereocenters. The van der Waals surface area contributed by atoms with Crippen LogP contribution in [0, 0.1) is 0 Å². The fourth-order valence-corrected chi connectivity index (χ4v) is 4.88. The van der Waals surface area contributed by atoms with E-state index in [-0.39, 0.29) is 18.0 Å². The summed E-state index contributed by atoms with van der Waals surface area (Å²) in [6, 6.07) is 14.3. The number of ether oxygens (including phenoxy) is 2. The number of benzene rings is 2. The predicted octanol–water partition coefficient (Wildman–Crippen LogP) is 5.82. The van der Waals surface area contributed by atoms with Crippen molar-refractivity contribution in [3.8, 4) is 11.5 Å². The highest BCUT2D eigenvalue weighted by molar-refractivity contribution is 5.95. The summed E-state index contributed by atoms with van der Waals surface area (Å²) >= 11 is 0. The molecule has 1 aliphatic carbocycles. The molecular weight excluding hydrogens is 416 g/mol. The molecule has 0 atom stereocenters. The number of rotatable bonds is 7. The van der Waals surface area contributed by atoms with Gasteiger partial charge >= 0.3 is 0 Å². The average Bonchev–Trinajstić information content (AvgIpc) is 3.31. The Balaban J connectivity index is 1.42. The van der Waals surface area contributed by atoms with Crippen LogP contribution in [0.5, 0.6) is 11.5 Å². The zero-order valence-corrected chi connectivity index (χ0v) is 19.3. The zero-order valence-electron chi connectivity index (χ0n) is 19.3. The van der Waals surface area contributed by atoms with Crippen molar-refractivity contribution in [2.24, 2.45) is 5.11 Å². The lowest BCUT2D eigenvalue weighted by Crippen LogP contribution is -2.22. The molecule has 7 heteroatoms. The molecule has 0 N–H and O–H groups in total. The highest BCUT2D eigenvalue weighted by Gasteiger charge is 2.50. The third-order valence-electron chi connectivity index (χ3n) is 6.79. The lowest BCUT2D eigenvalue weighted by atomic mass is 9.87. The first-order chi connectivity index (χ1) is 15.8. The van der Waals surface area contributed by atoms with Crippen molar-refractivity contribution in [3.05, 3.63) is 69.7 Å². The van der Waals surface area contributed by atoms with Gasteiger partial charge in [-0.3, -0.25) is 4.79 Å². The Morgan fingerprint density at radius 1 is 1.12 bits per heavy atom. The normalized spacial score (nSPS) is 16.0. The van der Waals surface area contributed by atoms with Crippen LogP contribution in [0.2, 0.25) is 0 Å². The van der Waals surface area contributed by atoms with Crippen LogP contribution in [0.25, 0.3) is 21.3 Å². The Morgan fingerprint density at radius 3 is 2.64 bits per heavy atom. The molecule has 1 fully saturated rings. The van der Waals surface area contributed by atoms with Crippen molar-refractivity contribution >= 4 is 16.7 Å². The molecule has 2 aromatic carbocycles. The number of ketones is 1. The standard InChI is InChI=1S/C26H28N4O3/c1-25(2,3)23-14-18-12-17(4-6-20(18)30(23)11-10-28-29-27)13-24(31)26(8-9-26)19-5-7-21-22(15-19)33-16-32-21/h4-7,12,14-15H,8-11,13,16H2,1-3H3. The Kier molecular flexibility index (Phi) is 5.09. The van der Waals surface area contributed by atoms with Crippen molar-refractivity contribution in [2.75, 3.05) is 13.3 Å². The molecule has 2 aliphatic rings. The average molecular weight is 445 g/mol. The third kappa shape index (κ3) is 3.83. The smallest absolute Gasteiger partial charge is 0.231 e. The molecule has 0 spiro atoms. The molecule has 0 saturated heterocycles. The molecule has 0 bridgehead atoms. The van der Waals surface area contributed by atoms with E-state index in [4.69, 9.17) is 15.0 Å². The van der Waals surface area contributed by atoms with Crippen molar-refractivity contribution in [1.82, 2.24) is 4.57 Å². The lowest BCUT2D eigenvalue weighted by Gasteiger charge is -2.21. The van der Waals surface area contributed by atoms with Gasteiger partial charge in [-0.2, -0.15) is 0 Å². The summed E-state index contributed by atoms with van der Waals surface area (Å²) in [6.45, 7) is 7.81. The molecule has 33 heavy (non-hydrogen) atoms. The molecule has 2 heterocycles. The van der Waals surface area contributed by atoms with Gasteiger partial charge in [-0.1, -0.05) is 38.0 Å². The monoisotopic (exact) mass is 444 g/mol. The number of carbonyl (C=O) groups excluding carboxylic acids is 1. The van der Waals surface area contributed by atoms with E-state index in [9.17, 15) is 4.79 Å². The summed E-state index contributed by atoms with van der Waals surface area (Å²) in [7, 11) is 0. The van der Waals surface area contributed by atoms with Crippen LogP contribution in [0.4, 0.5) is 0 Å². The van der Waals surface area contributed by atoms with E-state index in [0.717, 1.165) is 46.4 Å². The van der Waals surface area contributed by atoms with Crippen molar-refractivity contribution < 1.29 is 14.3 Å². The van der Waals surface area contributed by atoms with Crippen LogP contribution in [0.1, 0.15) is 50.4 Å². The number of Topliss-reactive ketones (excluding diaryl/α,β-unsaturated/α-hetero) is 1. The highest BCUT2D eigenvalue weighted by Crippen LogP contribution is 2.51.